The highest BCUT2D eigenvalue weighted by Crippen LogP contribution is 2.30. The van der Waals surface area contributed by atoms with Crippen LogP contribution >= 0.6 is 0 Å². The van der Waals surface area contributed by atoms with Crippen molar-refractivity contribution in [3.8, 4) is 0 Å². The molecular formula is C7H11N3O2S. The van der Waals surface area contributed by atoms with Gasteiger partial charge in [0.15, 0.2) is 0 Å². The third kappa shape index (κ3) is 1.73. The number of aromatic amines is 1. The number of sulfonamides is 1. The molecule has 0 spiro atoms. The quantitative estimate of drug-likeness (QED) is 0.728. The molecule has 1 aromatic heterocycles. The molecule has 5 nitrogen and oxygen atoms in total. The van der Waals surface area contributed by atoms with Crippen LogP contribution < -0.4 is 4.72 Å². The second-order valence-corrected chi connectivity index (χ2v) is 5.09. The first-order chi connectivity index (χ1) is 6.09. The van der Waals surface area contributed by atoms with E-state index in [1.807, 2.05) is 6.92 Å². The van der Waals surface area contributed by atoms with Crippen molar-refractivity contribution in [1.82, 2.24) is 14.9 Å². The number of rotatable bonds is 3. The molecule has 2 rings (SSSR count). The highest BCUT2D eigenvalue weighted by atomic mass is 32.2. The van der Waals surface area contributed by atoms with Crippen LogP contribution in [-0.2, 0) is 10.0 Å². The number of H-pyrrole nitrogens is 1. The van der Waals surface area contributed by atoms with Gasteiger partial charge in [-0.15, -0.1) is 0 Å². The Bertz CT molecular complexity index is 384. The van der Waals surface area contributed by atoms with Crippen molar-refractivity contribution in [2.24, 2.45) is 5.92 Å². The molecule has 0 radical (unpaired) electrons. The summed E-state index contributed by atoms with van der Waals surface area (Å²) in [7, 11) is -3.33. The number of nitrogens with one attached hydrogen (secondary N) is 2. The molecule has 2 atom stereocenters. The van der Waals surface area contributed by atoms with Gasteiger partial charge in [0.1, 0.15) is 4.90 Å². The molecule has 1 fully saturated rings. The van der Waals surface area contributed by atoms with Crippen LogP contribution in [0.1, 0.15) is 13.3 Å². The molecule has 1 heterocycles. The predicted molar refractivity (Wildman–Crippen MR) is 46.5 cm³/mol. The molecular weight excluding hydrogens is 190 g/mol. The fourth-order valence-corrected chi connectivity index (χ4v) is 2.40. The smallest absolute Gasteiger partial charge is 0.243 e. The minimum Gasteiger partial charge on any atom is -0.284 e. The van der Waals surface area contributed by atoms with Crippen LogP contribution in [-0.4, -0.2) is 24.7 Å². The lowest BCUT2D eigenvalue weighted by molar-refractivity contribution is 0.578. The van der Waals surface area contributed by atoms with E-state index in [4.69, 9.17) is 0 Å². The zero-order chi connectivity index (χ0) is 9.47. The fraction of sp³-hybridized carbons (Fsp3) is 0.571. The minimum atomic E-state index is -3.33. The van der Waals surface area contributed by atoms with E-state index in [9.17, 15) is 8.42 Å². The van der Waals surface area contributed by atoms with Crippen LogP contribution in [0.3, 0.4) is 0 Å². The summed E-state index contributed by atoms with van der Waals surface area (Å²) in [5.74, 6) is 0.460. The van der Waals surface area contributed by atoms with Gasteiger partial charge in [-0.2, -0.15) is 5.10 Å². The summed E-state index contributed by atoms with van der Waals surface area (Å²) in [6.45, 7) is 2.02. The zero-order valence-electron chi connectivity index (χ0n) is 7.19. The molecule has 1 saturated carbocycles. The van der Waals surface area contributed by atoms with Crippen LogP contribution in [0.25, 0.3) is 0 Å². The summed E-state index contributed by atoms with van der Waals surface area (Å²) in [6.07, 6.45) is 3.60. The van der Waals surface area contributed by atoms with E-state index in [0.717, 1.165) is 6.42 Å². The van der Waals surface area contributed by atoms with E-state index in [0.29, 0.717) is 5.92 Å². The molecule has 0 aliphatic heterocycles. The van der Waals surface area contributed by atoms with Gasteiger partial charge in [-0.25, -0.2) is 13.1 Å². The molecule has 13 heavy (non-hydrogen) atoms. The second-order valence-electron chi connectivity index (χ2n) is 3.37. The van der Waals surface area contributed by atoms with E-state index in [-0.39, 0.29) is 10.9 Å². The average Bonchev–Trinajstić information content (AvgIpc) is 2.56. The van der Waals surface area contributed by atoms with Gasteiger partial charge in [-0.05, 0) is 12.3 Å². The van der Waals surface area contributed by atoms with Crippen LogP contribution in [0, 0.1) is 5.92 Å². The van der Waals surface area contributed by atoms with Gasteiger partial charge >= 0.3 is 0 Å². The summed E-state index contributed by atoms with van der Waals surface area (Å²) in [5.41, 5.74) is 0. The summed E-state index contributed by atoms with van der Waals surface area (Å²) in [4.78, 5) is 0.201. The molecule has 2 unspecified atom stereocenters. The van der Waals surface area contributed by atoms with Crippen molar-refractivity contribution in [2.75, 3.05) is 0 Å². The number of hydrogen-bond acceptors (Lipinski definition) is 3. The van der Waals surface area contributed by atoms with Crippen LogP contribution in [0.5, 0.6) is 0 Å². The lowest BCUT2D eigenvalue weighted by atomic mass is 10.5. The Morgan fingerprint density at radius 3 is 2.85 bits per heavy atom. The summed E-state index contributed by atoms with van der Waals surface area (Å²) in [5, 5.41) is 6.06. The van der Waals surface area contributed by atoms with Gasteiger partial charge in [0, 0.05) is 12.2 Å². The van der Waals surface area contributed by atoms with Crippen LogP contribution in [0.2, 0.25) is 0 Å². The van der Waals surface area contributed by atoms with Crippen LogP contribution in [0.15, 0.2) is 17.3 Å². The van der Waals surface area contributed by atoms with Crippen molar-refractivity contribution in [3.63, 3.8) is 0 Å². The topological polar surface area (TPSA) is 74.8 Å². The molecule has 72 valence electrons. The lowest BCUT2D eigenvalue weighted by Gasteiger charge is -2.01. The van der Waals surface area contributed by atoms with E-state index in [1.54, 1.807) is 0 Å². The van der Waals surface area contributed by atoms with E-state index < -0.39 is 10.0 Å². The van der Waals surface area contributed by atoms with Gasteiger partial charge in [0.05, 0.1) is 6.20 Å². The van der Waals surface area contributed by atoms with Gasteiger partial charge < -0.3 is 0 Å². The molecule has 1 aliphatic carbocycles. The highest BCUT2D eigenvalue weighted by molar-refractivity contribution is 7.89. The minimum absolute atomic E-state index is 0.111. The van der Waals surface area contributed by atoms with Crippen molar-refractivity contribution in [1.29, 1.82) is 0 Å². The molecule has 0 saturated heterocycles. The number of hydrogen-bond donors (Lipinski definition) is 2. The summed E-state index contributed by atoms with van der Waals surface area (Å²) >= 11 is 0. The maximum absolute atomic E-state index is 11.5. The Labute approximate surface area is 76.6 Å². The van der Waals surface area contributed by atoms with Crippen LogP contribution in [0.4, 0.5) is 0 Å². The predicted octanol–water partition coefficient (Wildman–Crippen LogP) is 0.0964. The average molecular weight is 201 g/mol. The van der Waals surface area contributed by atoms with Gasteiger partial charge in [-0.1, -0.05) is 6.92 Å². The first-order valence-electron chi connectivity index (χ1n) is 4.11. The summed E-state index contributed by atoms with van der Waals surface area (Å²) in [6, 6.07) is 0.111. The fourth-order valence-electron chi connectivity index (χ4n) is 1.14. The third-order valence-corrected chi connectivity index (χ3v) is 3.66. The highest BCUT2D eigenvalue weighted by Gasteiger charge is 2.36. The van der Waals surface area contributed by atoms with Crippen molar-refractivity contribution >= 4 is 10.0 Å². The number of aromatic nitrogens is 2. The van der Waals surface area contributed by atoms with Gasteiger partial charge in [0.2, 0.25) is 10.0 Å². The molecule has 6 heteroatoms. The molecule has 2 N–H and O–H groups in total. The normalized spacial score (nSPS) is 27.5. The lowest BCUT2D eigenvalue weighted by Crippen LogP contribution is -2.26. The van der Waals surface area contributed by atoms with Crippen molar-refractivity contribution in [3.05, 3.63) is 12.4 Å². The second kappa shape index (κ2) is 2.81. The maximum Gasteiger partial charge on any atom is 0.243 e. The van der Waals surface area contributed by atoms with Crippen molar-refractivity contribution < 1.29 is 8.42 Å². The SMILES string of the molecule is CC1CC1NS(=O)(=O)c1cn[nH]c1. The Morgan fingerprint density at radius 1 is 1.69 bits per heavy atom. The Morgan fingerprint density at radius 2 is 2.38 bits per heavy atom. The molecule has 0 amide bonds. The zero-order valence-corrected chi connectivity index (χ0v) is 8.00. The molecule has 1 aliphatic rings. The van der Waals surface area contributed by atoms with Crippen molar-refractivity contribution in [2.45, 2.75) is 24.3 Å². The Balaban J connectivity index is 2.13. The Kier molecular flexibility index (Phi) is 1.88. The summed E-state index contributed by atoms with van der Waals surface area (Å²) < 4.78 is 25.6. The van der Waals surface area contributed by atoms with E-state index >= 15 is 0 Å². The largest absolute Gasteiger partial charge is 0.284 e. The standard InChI is InChI=1S/C7H11N3O2S/c1-5-2-7(5)10-13(11,12)6-3-8-9-4-6/h3-5,7,10H,2H2,1H3,(H,8,9). The van der Waals surface area contributed by atoms with E-state index in [1.165, 1.54) is 12.4 Å². The first-order valence-corrected chi connectivity index (χ1v) is 5.59. The molecule has 0 bridgehead atoms. The molecule has 1 aromatic rings. The number of nitrogens with zero attached hydrogens (tertiary/aromatic N) is 1. The van der Waals surface area contributed by atoms with Gasteiger partial charge in [-0.3, -0.25) is 5.10 Å². The monoisotopic (exact) mass is 201 g/mol. The first kappa shape index (κ1) is 8.71. The van der Waals surface area contributed by atoms with E-state index in [2.05, 4.69) is 14.9 Å². The third-order valence-electron chi connectivity index (χ3n) is 2.20. The van der Waals surface area contributed by atoms with Gasteiger partial charge in [0.25, 0.3) is 0 Å². The molecule has 0 aromatic carbocycles. The Hall–Kier alpha value is -0.880. The maximum atomic E-state index is 11.5.